The Hall–Kier alpha value is -2.29. The molecule has 1 aromatic carbocycles. The van der Waals surface area contributed by atoms with E-state index < -0.39 is 11.9 Å². The molecule has 5 nitrogen and oxygen atoms in total. The Balaban J connectivity index is 1.93. The first-order valence-electron chi connectivity index (χ1n) is 8.26. The van der Waals surface area contributed by atoms with Crippen LogP contribution in [-0.4, -0.2) is 31.6 Å². The molecular weight excluding hydrogens is 377 g/mol. The Morgan fingerprint density at radius 3 is 2.59 bits per heavy atom. The molecule has 0 saturated carbocycles. The summed E-state index contributed by atoms with van der Waals surface area (Å²) in [5.41, 5.74) is 0.0162. The molecule has 0 aliphatic heterocycles. The highest BCUT2D eigenvalue weighted by Crippen LogP contribution is 2.30. The van der Waals surface area contributed by atoms with Gasteiger partial charge < -0.3 is 15.4 Å². The van der Waals surface area contributed by atoms with E-state index in [1.54, 1.807) is 14.2 Å². The Kier molecular flexibility index (Phi) is 6.69. The lowest BCUT2D eigenvalue weighted by Crippen LogP contribution is -2.43. The van der Waals surface area contributed by atoms with Crippen LogP contribution in [0.3, 0.4) is 0 Å². The zero-order valence-electron chi connectivity index (χ0n) is 15.6. The highest BCUT2D eigenvalue weighted by molar-refractivity contribution is 7.09. The Morgan fingerprint density at radius 1 is 1.26 bits per heavy atom. The SMILES string of the molecule is CN=C(NCc1nc(C(F)(F)F)cs1)NCC(C)(C)c1cccc(OC)c1. The van der Waals surface area contributed by atoms with E-state index in [9.17, 15) is 13.2 Å². The smallest absolute Gasteiger partial charge is 0.434 e. The summed E-state index contributed by atoms with van der Waals surface area (Å²) >= 11 is 0.963. The lowest BCUT2D eigenvalue weighted by Gasteiger charge is -2.27. The number of thiazole rings is 1. The van der Waals surface area contributed by atoms with E-state index in [4.69, 9.17) is 4.74 Å². The van der Waals surface area contributed by atoms with E-state index in [2.05, 4.69) is 34.5 Å². The van der Waals surface area contributed by atoms with Gasteiger partial charge >= 0.3 is 6.18 Å². The van der Waals surface area contributed by atoms with Crippen LogP contribution in [-0.2, 0) is 18.1 Å². The van der Waals surface area contributed by atoms with Crippen molar-refractivity contribution in [3.05, 3.63) is 45.9 Å². The van der Waals surface area contributed by atoms with Crippen LogP contribution in [0, 0.1) is 0 Å². The van der Waals surface area contributed by atoms with Gasteiger partial charge in [0.2, 0.25) is 0 Å². The zero-order valence-corrected chi connectivity index (χ0v) is 16.5. The molecule has 1 heterocycles. The molecule has 0 bridgehead atoms. The molecule has 1 aromatic heterocycles. The van der Waals surface area contributed by atoms with Gasteiger partial charge in [0.15, 0.2) is 11.7 Å². The minimum absolute atomic E-state index is 0.167. The van der Waals surface area contributed by atoms with Crippen LogP contribution in [0.5, 0.6) is 5.75 Å². The van der Waals surface area contributed by atoms with Gasteiger partial charge in [-0.2, -0.15) is 13.2 Å². The summed E-state index contributed by atoms with van der Waals surface area (Å²) < 4.78 is 43.1. The summed E-state index contributed by atoms with van der Waals surface area (Å²) in [5.74, 6) is 1.28. The van der Waals surface area contributed by atoms with Gasteiger partial charge in [0.1, 0.15) is 10.8 Å². The molecule has 2 rings (SSSR count). The number of hydrogen-bond acceptors (Lipinski definition) is 4. The molecule has 0 aliphatic carbocycles. The average molecular weight is 400 g/mol. The number of guanidine groups is 1. The zero-order chi connectivity index (χ0) is 20.1. The highest BCUT2D eigenvalue weighted by atomic mass is 32.1. The Bertz CT molecular complexity index is 787. The van der Waals surface area contributed by atoms with E-state index in [-0.39, 0.29) is 12.0 Å². The number of aromatic nitrogens is 1. The predicted molar refractivity (Wildman–Crippen MR) is 101 cm³/mol. The molecule has 0 atom stereocenters. The third kappa shape index (κ3) is 5.85. The first kappa shape index (κ1) is 21.0. The number of nitrogens with zero attached hydrogens (tertiary/aromatic N) is 2. The number of nitrogens with one attached hydrogen (secondary N) is 2. The van der Waals surface area contributed by atoms with Crippen molar-refractivity contribution in [3.8, 4) is 5.75 Å². The number of halogens is 3. The molecule has 2 N–H and O–H groups in total. The largest absolute Gasteiger partial charge is 0.497 e. The Labute approximate surface area is 160 Å². The van der Waals surface area contributed by atoms with Gasteiger partial charge in [-0.05, 0) is 17.7 Å². The van der Waals surface area contributed by atoms with E-state index in [0.717, 1.165) is 28.0 Å². The summed E-state index contributed by atoms with van der Waals surface area (Å²) in [4.78, 5) is 7.71. The van der Waals surface area contributed by atoms with Crippen molar-refractivity contribution in [3.63, 3.8) is 0 Å². The number of methoxy groups -OCH3 is 1. The monoisotopic (exact) mass is 400 g/mol. The van der Waals surface area contributed by atoms with Crippen molar-refractivity contribution in [1.82, 2.24) is 15.6 Å². The van der Waals surface area contributed by atoms with Crippen molar-refractivity contribution in [2.45, 2.75) is 32.0 Å². The second-order valence-electron chi connectivity index (χ2n) is 6.52. The van der Waals surface area contributed by atoms with Crippen LogP contribution in [0.25, 0.3) is 0 Å². The van der Waals surface area contributed by atoms with Crippen LogP contribution in [0.15, 0.2) is 34.6 Å². The minimum atomic E-state index is -4.42. The van der Waals surface area contributed by atoms with E-state index in [0.29, 0.717) is 17.5 Å². The van der Waals surface area contributed by atoms with Crippen LogP contribution < -0.4 is 15.4 Å². The van der Waals surface area contributed by atoms with Gasteiger partial charge in [0, 0.05) is 24.4 Å². The molecule has 148 valence electrons. The first-order valence-corrected chi connectivity index (χ1v) is 9.14. The molecule has 27 heavy (non-hydrogen) atoms. The van der Waals surface area contributed by atoms with E-state index >= 15 is 0 Å². The average Bonchev–Trinajstić information content (AvgIpc) is 3.11. The normalized spacial score (nSPS) is 12.8. The topological polar surface area (TPSA) is 58.5 Å². The van der Waals surface area contributed by atoms with Gasteiger partial charge in [-0.25, -0.2) is 4.98 Å². The van der Waals surface area contributed by atoms with Gasteiger partial charge in [0.25, 0.3) is 0 Å². The van der Waals surface area contributed by atoms with Gasteiger partial charge in [0.05, 0.1) is 13.7 Å². The lowest BCUT2D eigenvalue weighted by atomic mass is 9.84. The summed E-state index contributed by atoms with van der Waals surface area (Å²) in [6.07, 6.45) is -4.42. The second kappa shape index (κ2) is 8.60. The van der Waals surface area contributed by atoms with E-state index in [1.165, 1.54) is 0 Å². The van der Waals surface area contributed by atoms with E-state index in [1.807, 2.05) is 24.3 Å². The standard InChI is InChI=1S/C18H23F3N4OS/c1-17(2,12-6-5-7-13(8-12)26-4)11-24-16(22-3)23-9-15-25-14(10-27-15)18(19,20)21/h5-8,10H,9,11H2,1-4H3,(H2,22,23,24). The summed E-state index contributed by atoms with van der Waals surface area (Å²) in [6.45, 7) is 4.91. The summed E-state index contributed by atoms with van der Waals surface area (Å²) in [7, 11) is 3.23. The van der Waals surface area contributed by atoms with Crippen molar-refractivity contribution in [2.75, 3.05) is 20.7 Å². The quantitative estimate of drug-likeness (QED) is 0.572. The molecule has 0 aliphatic rings. The fourth-order valence-electron chi connectivity index (χ4n) is 2.35. The molecule has 2 aromatic rings. The predicted octanol–water partition coefficient (Wildman–Crippen LogP) is 3.81. The van der Waals surface area contributed by atoms with Crippen LogP contribution in [0.2, 0.25) is 0 Å². The first-order chi connectivity index (χ1) is 12.7. The van der Waals surface area contributed by atoms with Crippen molar-refractivity contribution in [1.29, 1.82) is 0 Å². The number of ether oxygens (including phenoxy) is 1. The van der Waals surface area contributed by atoms with Crippen LogP contribution in [0.4, 0.5) is 13.2 Å². The van der Waals surface area contributed by atoms with Crippen LogP contribution >= 0.6 is 11.3 Å². The highest BCUT2D eigenvalue weighted by Gasteiger charge is 2.33. The molecule has 0 radical (unpaired) electrons. The lowest BCUT2D eigenvalue weighted by molar-refractivity contribution is -0.140. The maximum absolute atomic E-state index is 12.6. The fraction of sp³-hybridized carbons (Fsp3) is 0.444. The van der Waals surface area contributed by atoms with Crippen molar-refractivity contribution < 1.29 is 17.9 Å². The summed E-state index contributed by atoms with van der Waals surface area (Å²) in [6, 6.07) is 7.82. The van der Waals surface area contributed by atoms with Crippen LogP contribution in [0.1, 0.15) is 30.1 Å². The summed E-state index contributed by atoms with van der Waals surface area (Å²) in [5, 5.41) is 7.56. The molecule has 0 fully saturated rings. The van der Waals surface area contributed by atoms with Gasteiger partial charge in [-0.15, -0.1) is 11.3 Å². The fourth-order valence-corrected chi connectivity index (χ4v) is 3.09. The maximum atomic E-state index is 12.6. The third-order valence-electron chi connectivity index (χ3n) is 4.02. The Morgan fingerprint density at radius 2 is 2.00 bits per heavy atom. The molecule has 0 spiro atoms. The van der Waals surface area contributed by atoms with Crippen molar-refractivity contribution in [2.24, 2.45) is 4.99 Å². The molecule has 0 amide bonds. The number of benzene rings is 1. The third-order valence-corrected chi connectivity index (χ3v) is 4.87. The molecule has 9 heteroatoms. The van der Waals surface area contributed by atoms with Gasteiger partial charge in [-0.1, -0.05) is 26.0 Å². The van der Waals surface area contributed by atoms with Crippen molar-refractivity contribution >= 4 is 17.3 Å². The molecular formula is C18H23F3N4OS. The number of alkyl halides is 3. The number of rotatable bonds is 6. The van der Waals surface area contributed by atoms with Gasteiger partial charge in [-0.3, -0.25) is 4.99 Å². The number of hydrogen-bond donors (Lipinski definition) is 2. The molecule has 0 unspecified atom stereocenters. The second-order valence-corrected chi connectivity index (χ2v) is 7.46. The number of aliphatic imine (C=N–C) groups is 1. The minimum Gasteiger partial charge on any atom is -0.497 e. The molecule has 0 saturated heterocycles. The maximum Gasteiger partial charge on any atom is 0.434 e.